The number of hydrazine groups is 1. The maximum atomic E-state index is 12.1. The number of pyridine rings is 1. The maximum Gasteiger partial charge on any atom is 0.141 e. The smallest absolute Gasteiger partial charge is 0.141 e. The normalized spacial score (nSPS) is 7.45. The first-order chi connectivity index (χ1) is 4.33. The molecule has 3 N–H and O–H groups in total. The molecule has 1 rings (SSSR count). The molecule has 0 amide bonds. The highest BCUT2D eigenvalue weighted by Crippen LogP contribution is 1.99. The summed E-state index contributed by atoms with van der Waals surface area (Å²) in [5.41, 5.74) is 2.28. The zero-order valence-electron chi connectivity index (χ0n) is 5.45. The number of halogens is 3. The third-order valence-electron chi connectivity index (χ3n) is 0.875. The van der Waals surface area contributed by atoms with Gasteiger partial charge in [-0.15, -0.1) is 24.8 Å². The van der Waals surface area contributed by atoms with Crippen LogP contribution in [0.5, 0.6) is 0 Å². The highest BCUT2D eigenvalue weighted by atomic mass is 35.5. The van der Waals surface area contributed by atoms with Crippen LogP contribution in [0.1, 0.15) is 0 Å². The molecule has 11 heavy (non-hydrogen) atoms. The van der Waals surface area contributed by atoms with Gasteiger partial charge in [-0.05, 0) is 12.1 Å². The van der Waals surface area contributed by atoms with Crippen molar-refractivity contribution in [3.63, 3.8) is 0 Å². The minimum Gasteiger partial charge on any atom is -0.308 e. The highest BCUT2D eigenvalue weighted by molar-refractivity contribution is 5.85. The van der Waals surface area contributed by atoms with Crippen molar-refractivity contribution in [1.29, 1.82) is 0 Å². The standard InChI is InChI=1S/C5H6FN3.2ClH/c6-4-1-2-5(9-7)8-3-4;;/h1-3H,7H2,(H,8,9);2*1H. The molecule has 0 fully saturated rings. The van der Waals surface area contributed by atoms with E-state index >= 15 is 0 Å². The molecule has 0 aliphatic carbocycles. The Bertz CT molecular complexity index is 191. The Labute approximate surface area is 76.0 Å². The Hall–Kier alpha value is -0.580. The summed E-state index contributed by atoms with van der Waals surface area (Å²) in [4.78, 5) is 3.59. The third-order valence-corrected chi connectivity index (χ3v) is 0.875. The van der Waals surface area contributed by atoms with Gasteiger partial charge in [0.15, 0.2) is 0 Å². The van der Waals surface area contributed by atoms with Gasteiger partial charge in [-0.3, -0.25) is 0 Å². The minimum absolute atomic E-state index is 0. The van der Waals surface area contributed by atoms with Gasteiger partial charge in [-0.25, -0.2) is 15.2 Å². The first-order valence-electron chi connectivity index (χ1n) is 2.41. The predicted molar refractivity (Wildman–Crippen MR) is 46.5 cm³/mol. The van der Waals surface area contributed by atoms with Gasteiger partial charge in [0, 0.05) is 0 Å². The van der Waals surface area contributed by atoms with Gasteiger partial charge < -0.3 is 5.43 Å². The van der Waals surface area contributed by atoms with E-state index < -0.39 is 0 Å². The number of nitrogens with zero attached hydrogens (tertiary/aromatic N) is 1. The van der Waals surface area contributed by atoms with Gasteiger partial charge >= 0.3 is 0 Å². The monoisotopic (exact) mass is 199 g/mol. The van der Waals surface area contributed by atoms with Gasteiger partial charge in [-0.1, -0.05) is 0 Å². The van der Waals surface area contributed by atoms with Crippen molar-refractivity contribution in [1.82, 2.24) is 4.98 Å². The number of hydrogen-bond acceptors (Lipinski definition) is 3. The molecule has 0 aliphatic heterocycles. The Morgan fingerprint density at radius 3 is 2.36 bits per heavy atom. The molecule has 0 radical (unpaired) electrons. The summed E-state index contributed by atoms with van der Waals surface area (Å²) in [5.74, 6) is 5.05. The lowest BCUT2D eigenvalue weighted by Gasteiger charge is -1.94. The first-order valence-corrected chi connectivity index (χ1v) is 2.41. The van der Waals surface area contributed by atoms with E-state index in [4.69, 9.17) is 5.84 Å². The number of nitrogens with two attached hydrogens (primary N) is 1. The Kier molecular flexibility index (Phi) is 7.29. The molecule has 0 aliphatic rings. The lowest BCUT2D eigenvalue weighted by molar-refractivity contribution is 0.622. The van der Waals surface area contributed by atoms with Crippen molar-refractivity contribution in [2.24, 2.45) is 5.84 Å². The molecule has 6 heteroatoms. The van der Waals surface area contributed by atoms with E-state index in [1.165, 1.54) is 12.1 Å². The Morgan fingerprint density at radius 1 is 1.36 bits per heavy atom. The molecule has 0 unspecified atom stereocenters. The predicted octanol–water partition coefficient (Wildman–Crippen LogP) is 1.35. The molecular formula is C5H8Cl2FN3. The van der Waals surface area contributed by atoms with Crippen LogP contribution in [0.4, 0.5) is 10.2 Å². The van der Waals surface area contributed by atoms with Crippen molar-refractivity contribution < 1.29 is 4.39 Å². The zero-order valence-corrected chi connectivity index (χ0v) is 7.08. The van der Waals surface area contributed by atoms with Crippen LogP contribution in [0.15, 0.2) is 18.3 Å². The number of hydrogen-bond donors (Lipinski definition) is 2. The summed E-state index contributed by atoms with van der Waals surface area (Å²) in [5, 5.41) is 0. The SMILES string of the molecule is Cl.Cl.NNc1ccc(F)cn1. The largest absolute Gasteiger partial charge is 0.308 e. The molecule has 0 spiro atoms. The molecule has 1 aromatic rings. The van der Waals surface area contributed by atoms with Crippen LogP contribution in [0.25, 0.3) is 0 Å². The zero-order chi connectivity index (χ0) is 6.69. The van der Waals surface area contributed by atoms with Gasteiger partial charge in [-0.2, -0.15) is 0 Å². The number of aromatic nitrogens is 1. The fraction of sp³-hybridized carbons (Fsp3) is 0. The van der Waals surface area contributed by atoms with Crippen molar-refractivity contribution in [2.75, 3.05) is 5.43 Å². The number of rotatable bonds is 1. The first kappa shape index (κ1) is 13.0. The average Bonchev–Trinajstić information content (AvgIpc) is 1.90. The summed E-state index contributed by atoms with van der Waals surface area (Å²) in [6.45, 7) is 0. The van der Waals surface area contributed by atoms with Crippen LogP contribution < -0.4 is 11.3 Å². The van der Waals surface area contributed by atoms with Crippen LogP contribution >= 0.6 is 24.8 Å². The summed E-state index contributed by atoms with van der Waals surface area (Å²) in [6, 6.07) is 2.73. The summed E-state index contributed by atoms with van der Waals surface area (Å²) < 4.78 is 12.1. The fourth-order valence-corrected chi connectivity index (χ4v) is 0.461. The summed E-state index contributed by atoms with van der Waals surface area (Å²) >= 11 is 0. The van der Waals surface area contributed by atoms with Crippen molar-refractivity contribution in [3.05, 3.63) is 24.1 Å². The van der Waals surface area contributed by atoms with Crippen LogP contribution in [0.2, 0.25) is 0 Å². The van der Waals surface area contributed by atoms with E-state index in [0.717, 1.165) is 6.20 Å². The molecule has 0 saturated carbocycles. The molecule has 1 heterocycles. The lowest BCUT2D eigenvalue weighted by atomic mass is 10.4. The van der Waals surface area contributed by atoms with Gasteiger partial charge in [0.1, 0.15) is 11.6 Å². The van der Waals surface area contributed by atoms with Gasteiger partial charge in [0.05, 0.1) is 6.20 Å². The quantitative estimate of drug-likeness (QED) is 0.531. The van der Waals surface area contributed by atoms with E-state index in [1.807, 2.05) is 0 Å². The third kappa shape index (κ3) is 3.98. The van der Waals surface area contributed by atoms with Crippen LogP contribution in [0.3, 0.4) is 0 Å². The molecule has 3 nitrogen and oxygen atoms in total. The number of anilines is 1. The van der Waals surface area contributed by atoms with Crippen molar-refractivity contribution >= 4 is 30.6 Å². The van der Waals surface area contributed by atoms with E-state index in [9.17, 15) is 4.39 Å². The molecule has 64 valence electrons. The molecule has 0 aromatic carbocycles. The maximum absolute atomic E-state index is 12.1. The van der Waals surface area contributed by atoms with Crippen LogP contribution in [0, 0.1) is 5.82 Å². The van der Waals surface area contributed by atoms with Gasteiger partial charge in [0.25, 0.3) is 0 Å². The van der Waals surface area contributed by atoms with Crippen LogP contribution in [-0.2, 0) is 0 Å². The second-order valence-electron chi connectivity index (χ2n) is 1.51. The van der Waals surface area contributed by atoms with E-state index in [1.54, 1.807) is 0 Å². The molecular weight excluding hydrogens is 192 g/mol. The van der Waals surface area contributed by atoms with E-state index in [0.29, 0.717) is 5.82 Å². The fourth-order valence-electron chi connectivity index (χ4n) is 0.461. The molecule has 0 saturated heterocycles. The lowest BCUT2D eigenvalue weighted by Crippen LogP contribution is -2.07. The number of nitrogen functional groups attached to an aromatic ring is 1. The van der Waals surface area contributed by atoms with Crippen molar-refractivity contribution in [3.8, 4) is 0 Å². The van der Waals surface area contributed by atoms with E-state index in [-0.39, 0.29) is 30.6 Å². The summed E-state index contributed by atoms with van der Waals surface area (Å²) in [7, 11) is 0. The molecule has 0 bridgehead atoms. The molecule has 0 atom stereocenters. The molecule has 1 aromatic heterocycles. The Balaban J connectivity index is 0. The Morgan fingerprint density at radius 2 is 2.00 bits per heavy atom. The van der Waals surface area contributed by atoms with E-state index in [2.05, 4.69) is 10.4 Å². The second-order valence-corrected chi connectivity index (χ2v) is 1.51. The van der Waals surface area contributed by atoms with Crippen molar-refractivity contribution in [2.45, 2.75) is 0 Å². The topological polar surface area (TPSA) is 50.9 Å². The van der Waals surface area contributed by atoms with Gasteiger partial charge in [0.2, 0.25) is 0 Å². The second kappa shape index (κ2) is 6.15. The minimum atomic E-state index is -0.367. The number of nitrogens with one attached hydrogen (secondary N) is 1. The van der Waals surface area contributed by atoms with Crippen LogP contribution in [-0.4, -0.2) is 4.98 Å². The summed E-state index contributed by atoms with van der Waals surface area (Å²) in [6.07, 6.45) is 1.09. The average molecular weight is 200 g/mol. The highest BCUT2D eigenvalue weighted by Gasteiger charge is 1.88.